The van der Waals surface area contributed by atoms with E-state index in [1.54, 1.807) is 6.07 Å². The van der Waals surface area contributed by atoms with E-state index in [-0.39, 0.29) is 16.7 Å². The van der Waals surface area contributed by atoms with Crippen molar-refractivity contribution in [1.82, 2.24) is 0 Å². The first kappa shape index (κ1) is 14.4. The zero-order valence-electron chi connectivity index (χ0n) is 11.7. The fourth-order valence-electron chi connectivity index (χ4n) is 3.00. The molecule has 0 unspecified atom stereocenters. The summed E-state index contributed by atoms with van der Waals surface area (Å²) in [6.45, 7) is 13.3. The second kappa shape index (κ2) is 4.56. The summed E-state index contributed by atoms with van der Waals surface area (Å²) in [6.07, 6.45) is 0. The summed E-state index contributed by atoms with van der Waals surface area (Å²) in [7, 11) is 0. The van der Waals surface area contributed by atoms with Crippen molar-refractivity contribution in [2.24, 2.45) is 10.8 Å². The molecule has 1 aromatic rings. The summed E-state index contributed by atoms with van der Waals surface area (Å²) in [5, 5.41) is 10.1. The Morgan fingerprint density at radius 2 is 1.47 bits per heavy atom. The van der Waals surface area contributed by atoms with Crippen molar-refractivity contribution in [2.45, 2.75) is 52.4 Å². The summed E-state index contributed by atoms with van der Waals surface area (Å²) in [5.74, 6) is 0.607. The van der Waals surface area contributed by atoms with E-state index in [1.807, 2.05) is 12.1 Å². The van der Waals surface area contributed by atoms with Gasteiger partial charge in [-0.2, -0.15) is 0 Å². The molecule has 0 radical (unpaired) electrons. The maximum Gasteiger partial charge on any atom is 0.120 e. The number of benzene rings is 1. The Morgan fingerprint density at radius 3 is 1.82 bits per heavy atom. The van der Waals surface area contributed by atoms with Crippen LogP contribution in [0.15, 0.2) is 23.1 Å². The first-order chi connectivity index (χ1) is 7.55. The third kappa shape index (κ3) is 3.19. The SMILES string of the molecule is CC(C)(C)C(c1c(O)cccc1S)C(C)(C)C. The van der Waals surface area contributed by atoms with Crippen LogP contribution in [-0.2, 0) is 0 Å². The highest BCUT2D eigenvalue weighted by Gasteiger charge is 2.38. The molecule has 0 fully saturated rings. The minimum atomic E-state index is 0.0779. The van der Waals surface area contributed by atoms with Gasteiger partial charge in [0.25, 0.3) is 0 Å². The molecule has 0 spiro atoms. The lowest BCUT2D eigenvalue weighted by atomic mass is 9.63. The second-order valence-electron chi connectivity index (χ2n) is 6.88. The minimum absolute atomic E-state index is 0.0779. The van der Waals surface area contributed by atoms with Crippen LogP contribution >= 0.6 is 12.6 Å². The molecule has 0 aliphatic carbocycles. The molecule has 1 nitrogen and oxygen atoms in total. The van der Waals surface area contributed by atoms with E-state index in [1.165, 1.54) is 0 Å². The van der Waals surface area contributed by atoms with Crippen molar-refractivity contribution in [3.8, 4) is 5.75 Å². The lowest BCUT2D eigenvalue weighted by Crippen LogP contribution is -2.30. The molecule has 96 valence electrons. The summed E-state index contributed by atoms with van der Waals surface area (Å²) in [4.78, 5) is 0.875. The molecule has 0 saturated heterocycles. The Bertz CT molecular complexity index is 362. The van der Waals surface area contributed by atoms with E-state index < -0.39 is 0 Å². The molecule has 17 heavy (non-hydrogen) atoms. The molecule has 0 atom stereocenters. The van der Waals surface area contributed by atoms with Gasteiger partial charge in [0.05, 0.1) is 0 Å². The number of phenols is 1. The van der Waals surface area contributed by atoms with Gasteiger partial charge in [0, 0.05) is 10.5 Å². The quantitative estimate of drug-likeness (QED) is 0.684. The Balaban J connectivity index is 3.44. The van der Waals surface area contributed by atoms with Gasteiger partial charge in [-0.1, -0.05) is 47.6 Å². The average Bonchev–Trinajstić information content (AvgIpc) is 2.06. The van der Waals surface area contributed by atoms with Crippen molar-refractivity contribution in [1.29, 1.82) is 0 Å². The molecule has 0 bridgehead atoms. The van der Waals surface area contributed by atoms with E-state index in [4.69, 9.17) is 0 Å². The van der Waals surface area contributed by atoms with Crippen molar-refractivity contribution in [3.05, 3.63) is 23.8 Å². The number of hydrogen-bond donors (Lipinski definition) is 2. The van der Waals surface area contributed by atoms with Gasteiger partial charge in [0.2, 0.25) is 0 Å². The van der Waals surface area contributed by atoms with Crippen LogP contribution in [0, 0.1) is 10.8 Å². The number of rotatable bonds is 1. The molecule has 0 aliphatic heterocycles. The van der Waals surface area contributed by atoms with Crippen molar-refractivity contribution in [2.75, 3.05) is 0 Å². The standard InChI is InChI=1S/C15H24OS/c1-14(2,3)13(15(4,5)6)12-10(16)8-7-9-11(12)17/h7-9,13,16-17H,1-6H3. The number of thiol groups is 1. The van der Waals surface area contributed by atoms with Crippen molar-refractivity contribution >= 4 is 12.6 Å². The molecular formula is C15H24OS. The molecule has 1 aromatic carbocycles. The number of hydrogen-bond acceptors (Lipinski definition) is 2. The van der Waals surface area contributed by atoms with Gasteiger partial charge in [-0.25, -0.2) is 0 Å². The lowest BCUT2D eigenvalue weighted by Gasteiger charge is -2.42. The Kier molecular flexibility index (Phi) is 3.87. The predicted octanol–water partition coefficient (Wildman–Crippen LogP) is 4.86. The van der Waals surface area contributed by atoms with Gasteiger partial charge in [0.1, 0.15) is 5.75 Å². The van der Waals surface area contributed by atoms with Gasteiger partial charge < -0.3 is 5.11 Å². The van der Waals surface area contributed by atoms with Gasteiger partial charge >= 0.3 is 0 Å². The van der Waals surface area contributed by atoms with Crippen molar-refractivity contribution in [3.63, 3.8) is 0 Å². The molecule has 0 saturated carbocycles. The molecule has 1 N–H and O–H groups in total. The fraction of sp³-hybridized carbons (Fsp3) is 0.600. The molecule has 0 aromatic heterocycles. The highest BCUT2D eigenvalue weighted by atomic mass is 32.1. The first-order valence-corrected chi connectivity index (χ1v) is 6.50. The van der Waals surface area contributed by atoms with Crippen LogP contribution in [0.4, 0.5) is 0 Å². The third-order valence-electron chi connectivity index (χ3n) is 3.08. The highest BCUT2D eigenvalue weighted by Crippen LogP contribution is 2.51. The zero-order chi connectivity index (χ0) is 13.4. The molecule has 2 heteroatoms. The average molecular weight is 252 g/mol. The smallest absolute Gasteiger partial charge is 0.120 e. The van der Waals surface area contributed by atoms with Crippen LogP contribution in [0.1, 0.15) is 53.0 Å². The summed E-state index contributed by atoms with van der Waals surface area (Å²) in [6, 6.07) is 5.53. The van der Waals surface area contributed by atoms with Gasteiger partial charge in [-0.3, -0.25) is 0 Å². The van der Waals surface area contributed by atoms with Crippen LogP contribution in [0.2, 0.25) is 0 Å². The maximum atomic E-state index is 10.1. The van der Waals surface area contributed by atoms with E-state index >= 15 is 0 Å². The van der Waals surface area contributed by atoms with Crippen molar-refractivity contribution < 1.29 is 5.11 Å². The van der Waals surface area contributed by atoms with E-state index in [0.29, 0.717) is 5.75 Å². The summed E-state index contributed by atoms with van der Waals surface area (Å²) >= 11 is 4.51. The normalized spacial score (nSPS) is 13.2. The number of aromatic hydroxyl groups is 1. The Hall–Kier alpha value is -0.630. The minimum Gasteiger partial charge on any atom is -0.508 e. The molecule has 0 amide bonds. The maximum absolute atomic E-state index is 10.1. The van der Waals surface area contributed by atoms with E-state index in [0.717, 1.165) is 10.5 Å². The van der Waals surface area contributed by atoms with E-state index in [9.17, 15) is 5.11 Å². The molecule has 1 rings (SSSR count). The second-order valence-corrected chi connectivity index (χ2v) is 7.36. The lowest BCUT2D eigenvalue weighted by molar-refractivity contribution is 0.170. The van der Waals surface area contributed by atoms with Crippen LogP contribution in [-0.4, -0.2) is 5.11 Å². The first-order valence-electron chi connectivity index (χ1n) is 6.06. The third-order valence-corrected chi connectivity index (χ3v) is 3.47. The Labute approximate surface area is 111 Å². The topological polar surface area (TPSA) is 20.2 Å². The summed E-state index contributed by atoms with van der Waals surface area (Å²) in [5.41, 5.74) is 1.12. The van der Waals surface area contributed by atoms with Gasteiger partial charge in [-0.15, -0.1) is 12.6 Å². The largest absolute Gasteiger partial charge is 0.508 e. The molecular weight excluding hydrogens is 228 g/mol. The van der Waals surface area contributed by atoms with Crippen LogP contribution in [0.3, 0.4) is 0 Å². The highest BCUT2D eigenvalue weighted by molar-refractivity contribution is 7.80. The predicted molar refractivity (Wildman–Crippen MR) is 77.0 cm³/mol. The number of phenolic OH excluding ortho intramolecular Hbond substituents is 1. The van der Waals surface area contributed by atoms with Gasteiger partial charge in [-0.05, 0) is 28.9 Å². The summed E-state index contributed by atoms with van der Waals surface area (Å²) < 4.78 is 0. The van der Waals surface area contributed by atoms with Gasteiger partial charge in [0.15, 0.2) is 0 Å². The van der Waals surface area contributed by atoms with Crippen LogP contribution in [0.25, 0.3) is 0 Å². The fourth-order valence-corrected chi connectivity index (χ4v) is 3.33. The van der Waals surface area contributed by atoms with Crippen LogP contribution < -0.4 is 0 Å². The molecule has 0 aliphatic rings. The van der Waals surface area contributed by atoms with Crippen LogP contribution in [0.5, 0.6) is 5.75 Å². The Morgan fingerprint density at radius 1 is 1.00 bits per heavy atom. The van der Waals surface area contributed by atoms with E-state index in [2.05, 4.69) is 54.2 Å². The zero-order valence-corrected chi connectivity index (χ0v) is 12.6. The molecule has 0 heterocycles. The monoisotopic (exact) mass is 252 g/mol.